The Balaban J connectivity index is 2.65. The fourth-order valence-electron chi connectivity index (χ4n) is 5.25. The van der Waals surface area contributed by atoms with Crippen molar-refractivity contribution in [3.63, 3.8) is 0 Å². The predicted octanol–water partition coefficient (Wildman–Crippen LogP) is 2.83. The Hall–Kier alpha value is -3.55. The van der Waals surface area contributed by atoms with E-state index in [0.29, 0.717) is 12.8 Å². The summed E-state index contributed by atoms with van der Waals surface area (Å²) in [4.78, 5) is 60.9. The molecule has 13 nitrogen and oxygen atoms in total. The van der Waals surface area contributed by atoms with Crippen LogP contribution >= 0.6 is 0 Å². The molecule has 1 aromatic rings. The highest BCUT2D eigenvalue weighted by molar-refractivity contribution is 5.73. The summed E-state index contributed by atoms with van der Waals surface area (Å²) in [7, 11) is 0. The fraction of sp³-hybridized carbons (Fsp3) is 0.645. The number of aliphatic carboxylic acids is 5. The molecular weight excluding hydrogens is 574 g/mol. The van der Waals surface area contributed by atoms with Gasteiger partial charge in [0, 0.05) is 25.7 Å². The van der Waals surface area contributed by atoms with E-state index in [1.54, 1.807) is 0 Å². The number of carboxylic acids is 5. The zero-order valence-corrected chi connectivity index (χ0v) is 25.5. The van der Waals surface area contributed by atoms with Crippen molar-refractivity contribution in [1.29, 1.82) is 0 Å². The summed E-state index contributed by atoms with van der Waals surface area (Å²) in [6, 6.07) is 9.85. The van der Waals surface area contributed by atoms with Gasteiger partial charge in [0.1, 0.15) is 0 Å². The summed E-state index contributed by atoms with van der Waals surface area (Å²) >= 11 is 0. The average molecular weight is 624 g/mol. The van der Waals surface area contributed by atoms with Gasteiger partial charge in [-0.05, 0) is 24.8 Å². The third-order valence-electron chi connectivity index (χ3n) is 7.32. The van der Waals surface area contributed by atoms with Gasteiger partial charge in [0.2, 0.25) is 0 Å². The molecule has 0 heterocycles. The van der Waals surface area contributed by atoms with Gasteiger partial charge in [-0.2, -0.15) is 0 Å². The normalized spacial score (nSPS) is 12.1. The number of rotatable bonds is 28. The van der Waals surface area contributed by atoms with Crippen LogP contribution in [0.1, 0.15) is 69.8 Å². The van der Waals surface area contributed by atoms with E-state index in [-0.39, 0.29) is 19.6 Å². The van der Waals surface area contributed by atoms with Crippen LogP contribution < -0.4 is 0 Å². The van der Waals surface area contributed by atoms with Crippen molar-refractivity contribution in [2.45, 2.75) is 76.7 Å². The zero-order chi connectivity index (χ0) is 32.7. The minimum Gasteiger partial charge on any atom is -0.480 e. The molecule has 13 heteroatoms. The molecule has 0 aromatic heterocycles. The molecule has 44 heavy (non-hydrogen) atoms. The van der Waals surface area contributed by atoms with E-state index in [9.17, 15) is 39.3 Å². The number of carbonyl (C=O) groups is 5. The van der Waals surface area contributed by atoms with E-state index in [1.807, 2.05) is 6.07 Å². The maximum Gasteiger partial charge on any atom is 0.317 e. The van der Waals surface area contributed by atoms with Gasteiger partial charge in [-0.25, -0.2) is 0 Å². The van der Waals surface area contributed by atoms with Gasteiger partial charge >= 0.3 is 29.8 Å². The number of hydrogen-bond acceptors (Lipinski definition) is 8. The monoisotopic (exact) mass is 623 g/mol. The first-order chi connectivity index (χ1) is 21.0. The second kappa shape index (κ2) is 22.9. The van der Waals surface area contributed by atoms with Gasteiger partial charge in [0.05, 0.1) is 32.7 Å². The molecule has 0 aliphatic heterocycles. The SMILES string of the molecule is O=C(O)CN(CCN(CC(=O)O)CC(CCCCCCCCCCCc1ccccc1)N(CC(=O)O)CC(=O)O)CC(=O)O. The van der Waals surface area contributed by atoms with Gasteiger partial charge in [-0.1, -0.05) is 81.7 Å². The summed E-state index contributed by atoms with van der Waals surface area (Å²) in [5, 5.41) is 46.5. The second-order valence-electron chi connectivity index (χ2n) is 11.2. The van der Waals surface area contributed by atoms with Crippen molar-refractivity contribution in [1.82, 2.24) is 14.7 Å². The molecule has 0 aliphatic rings. The van der Waals surface area contributed by atoms with Crippen LogP contribution in [0.25, 0.3) is 0 Å². The van der Waals surface area contributed by atoms with E-state index in [1.165, 1.54) is 34.6 Å². The molecule has 0 fully saturated rings. The molecule has 0 aliphatic carbocycles. The number of unbranched alkanes of at least 4 members (excludes halogenated alkanes) is 8. The van der Waals surface area contributed by atoms with Gasteiger partial charge in [-0.15, -0.1) is 0 Å². The van der Waals surface area contributed by atoms with Crippen LogP contribution in [-0.2, 0) is 30.4 Å². The van der Waals surface area contributed by atoms with Crippen molar-refractivity contribution >= 4 is 29.8 Å². The minimum absolute atomic E-state index is 0.00267. The number of aryl methyl sites for hydroxylation is 1. The van der Waals surface area contributed by atoms with Crippen LogP contribution in [0.3, 0.4) is 0 Å². The average Bonchev–Trinajstić information content (AvgIpc) is 2.92. The van der Waals surface area contributed by atoms with Crippen LogP contribution in [0.2, 0.25) is 0 Å². The van der Waals surface area contributed by atoms with Crippen molar-refractivity contribution in [3.8, 4) is 0 Å². The summed E-state index contributed by atoms with van der Waals surface area (Å²) in [6.45, 7) is -2.64. The lowest BCUT2D eigenvalue weighted by molar-refractivity contribution is -0.144. The Kier molecular flexibility index (Phi) is 20.0. The lowest BCUT2D eigenvalue weighted by Crippen LogP contribution is -2.50. The molecule has 1 unspecified atom stereocenters. The summed E-state index contributed by atoms with van der Waals surface area (Å²) < 4.78 is 0. The largest absolute Gasteiger partial charge is 0.480 e. The van der Waals surface area contributed by atoms with E-state index < -0.39 is 68.6 Å². The van der Waals surface area contributed by atoms with Crippen LogP contribution in [0.4, 0.5) is 0 Å². The van der Waals surface area contributed by atoms with Crippen molar-refractivity contribution in [3.05, 3.63) is 35.9 Å². The summed E-state index contributed by atoms with van der Waals surface area (Å²) in [5.74, 6) is -6.05. The zero-order valence-electron chi connectivity index (χ0n) is 25.5. The first-order valence-corrected chi connectivity index (χ1v) is 15.3. The van der Waals surface area contributed by atoms with Gasteiger partial charge in [0.25, 0.3) is 0 Å². The molecule has 1 rings (SSSR count). The Morgan fingerprint density at radius 2 is 0.932 bits per heavy atom. The Morgan fingerprint density at radius 3 is 1.41 bits per heavy atom. The standard InChI is InChI=1S/C31H49N3O10/c35-27(36)20-32(17-18-33(21-28(37)38)22-29(39)40)19-26(34(23-30(41)42)24-31(43)44)16-12-7-5-3-1-2-4-6-9-13-25-14-10-8-11-15-25/h8,10-11,14-15,26H,1-7,9,12-13,16-24H2,(H,35,36)(H,37,38)(H,39,40)(H,41,42)(H,43,44). The smallest absolute Gasteiger partial charge is 0.317 e. The number of nitrogens with zero attached hydrogens (tertiary/aromatic N) is 3. The quantitative estimate of drug-likeness (QED) is 0.0856. The molecule has 248 valence electrons. The summed E-state index contributed by atoms with van der Waals surface area (Å²) in [6.07, 6.45) is 11.0. The van der Waals surface area contributed by atoms with Crippen molar-refractivity contribution < 1.29 is 49.5 Å². The van der Waals surface area contributed by atoms with Crippen LogP contribution in [0.5, 0.6) is 0 Å². The maximum absolute atomic E-state index is 11.6. The molecule has 5 N–H and O–H groups in total. The van der Waals surface area contributed by atoms with Crippen molar-refractivity contribution in [2.24, 2.45) is 0 Å². The van der Waals surface area contributed by atoms with Gasteiger partial charge < -0.3 is 25.5 Å². The molecule has 0 saturated heterocycles. The van der Waals surface area contributed by atoms with E-state index in [4.69, 9.17) is 10.2 Å². The first-order valence-electron chi connectivity index (χ1n) is 15.3. The Bertz CT molecular complexity index is 976. The molecule has 1 atom stereocenters. The fourth-order valence-corrected chi connectivity index (χ4v) is 5.25. The highest BCUT2D eigenvalue weighted by Gasteiger charge is 2.26. The van der Waals surface area contributed by atoms with Crippen LogP contribution in [0.15, 0.2) is 30.3 Å². The number of hydrogen-bond donors (Lipinski definition) is 5. The highest BCUT2D eigenvalue weighted by Crippen LogP contribution is 2.16. The third-order valence-corrected chi connectivity index (χ3v) is 7.32. The van der Waals surface area contributed by atoms with Crippen molar-refractivity contribution in [2.75, 3.05) is 52.4 Å². The number of carboxylic acid groups (broad SMARTS) is 5. The molecule has 0 saturated carbocycles. The molecule has 0 amide bonds. The molecule has 0 bridgehead atoms. The van der Waals surface area contributed by atoms with E-state index in [2.05, 4.69) is 24.3 Å². The first kappa shape index (κ1) is 38.5. The molecule has 0 spiro atoms. The molecular formula is C31H49N3O10. The summed E-state index contributed by atoms with van der Waals surface area (Å²) in [5.41, 5.74) is 1.36. The minimum atomic E-state index is -1.23. The second-order valence-corrected chi connectivity index (χ2v) is 11.2. The molecule has 0 radical (unpaired) electrons. The molecule has 1 aromatic carbocycles. The maximum atomic E-state index is 11.6. The lowest BCUT2D eigenvalue weighted by atomic mass is 10.0. The van der Waals surface area contributed by atoms with Crippen LogP contribution in [-0.4, -0.2) is 128 Å². The van der Waals surface area contributed by atoms with E-state index in [0.717, 1.165) is 43.4 Å². The van der Waals surface area contributed by atoms with Gasteiger partial charge in [0.15, 0.2) is 0 Å². The van der Waals surface area contributed by atoms with Crippen LogP contribution in [0, 0.1) is 0 Å². The van der Waals surface area contributed by atoms with E-state index >= 15 is 0 Å². The Morgan fingerprint density at radius 1 is 0.523 bits per heavy atom. The Labute approximate surface area is 259 Å². The predicted molar refractivity (Wildman–Crippen MR) is 163 cm³/mol. The topological polar surface area (TPSA) is 196 Å². The highest BCUT2D eigenvalue weighted by atomic mass is 16.4. The third kappa shape index (κ3) is 20.4. The lowest BCUT2D eigenvalue weighted by Gasteiger charge is -2.34. The number of benzene rings is 1. The van der Waals surface area contributed by atoms with Gasteiger partial charge in [-0.3, -0.25) is 38.7 Å².